The van der Waals surface area contributed by atoms with Gasteiger partial charge in [-0.05, 0) is 36.6 Å². The summed E-state index contributed by atoms with van der Waals surface area (Å²) in [5.41, 5.74) is 10.0. The summed E-state index contributed by atoms with van der Waals surface area (Å²) in [4.78, 5) is 16.7. The Balaban J connectivity index is 1.72. The molecule has 0 bridgehead atoms. The smallest absolute Gasteiger partial charge is 0.242 e. The van der Waals surface area contributed by atoms with Gasteiger partial charge in [-0.2, -0.15) is 0 Å². The molecule has 0 aromatic heterocycles. The lowest BCUT2D eigenvalue weighted by Crippen LogP contribution is -2.40. The van der Waals surface area contributed by atoms with Crippen LogP contribution in [0.2, 0.25) is 0 Å². The fraction of sp³-hybridized carbons (Fsp3) is 0.381. The van der Waals surface area contributed by atoms with E-state index in [4.69, 9.17) is 15.2 Å². The number of para-hydroxylation sites is 1. The number of anilines is 2. The van der Waals surface area contributed by atoms with Crippen molar-refractivity contribution >= 4 is 17.3 Å². The summed E-state index contributed by atoms with van der Waals surface area (Å²) in [6.45, 7) is 1.65. The second kappa shape index (κ2) is 8.20. The number of nitrogen functional groups attached to an aromatic ring is 1. The Labute approximate surface area is 160 Å². The summed E-state index contributed by atoms with van der Waals surface area (Å²) in [5, 5.41) is 0. The highest BCUT2D eigenvalue weighted by Gasteiger charge is 2.22. The van der Waals surface area contributed by atoms with Gasteiger partial charge in [0.1, 0.15) is 0 Å². The minimum absolute atomic E-state index is 0.0511. The van der Waals surface area contributed by atoms with Gasteiger partial charge in [0.15, 0.2) is 11.5 Å². The second-order valence-electron chi connectivity index (χ2n) is 6.77. The summed E-state index contributed by atoms with van der Waals surface area (Å²) in [6, 6.07) is 11.6. The third-order valence-electron chi connectivity index (χ3n) is 5.03. The van der Waals surface area contributed by atoms with E-state index in [1.807, 2.05) is 43.4 Å². The Hall–Kier alpha value is -2.89. The summed E-state index contributed by atoms with van der Waals surface area (Å²) >= 11 is 0. The number of hydrogen-bond acceptors (Lipinski definition) is 5. The van der Waals surface area contributed by atoms with Crippen molar-refractivity contribution in [2.75, 3.05) is 45.0 Å². The highest BCUT2D eigenvalue weighted by molar-refractivity contribution is 5.82. The van der Waals surface area contributed by atoms with E-state index in [2.05, 4.69) is 4.90 Å². The zero-order chi connectivity index (χ0) is 19.4. The number of ether oxygens (including phenoxy) is 2. The Kier molecular flexibility index (Phi) is 5.74. The van der Waals surface area contributed by atoms with Crippen LogP contribution >= 0.6 is 0 Å². The van der Waals surface area contributed by atoms with Gasteiger partial charge >= 0.3 is 0 Å². The molecular weight excluding hydrogens is 342 g/mol. The van der Waals surface area contributed by atoms with Crippen molar-refractivity contribution in [2.45, 2.75) is 19.4 Å². The Morgan fingerprint density at radius 1 is 1.19 bits per heavy atom. The molecule has 0 saturated carbocycles. The number of carbonyl (C=O) groups excluding carboxylic acids is 1. The lowest BCUT2D eigenvalue weighted by molar-refractivity contribution is -0.129. The fourth-order valence-electron chi connectivity index (χ4n) is 3.60. The van der Waals surface area contributed by atoms with Gasteiger partial charge in [-0.3, -0.25) is 4.79 Å². The topological polar surface area (TPSA) is 68.0 Å². The lowest BCUT2D eigenvalue weighted by Gasteiger charge is -2.32. The molecule has 0 radical (unpaired) electrons. The van der Waals surface area contributed by atoms with Crippen LogP contribution in [0, 0.1) is 0 Å². The number of rotatable bonds is 6. The molecule has 2 aromatic rings. The lowest BCUT2D eigenvalue weighted by atomic mass is 10.00. The maximum Gasteiger partial charge on any atom is 0.242 e. The van der Waals surface area contributed by atoms with Crippen LogP contribution in [0.4, 0.5) is 11.4 Å². The fourth-order valence-corrected chi connectivity index (χ4v) is 3.60. The maximum atomic E-state index is 12.8. The minimum atomic E-state index is 0.0511. The number of nitrogens with two attached hydrogens (primary N) is 1. The molecule has 6 heteroatoms. The molecule has 27 heavy (non-hydrogen) atoms. The quantitative estimate of drug-likeness (QED) is 0.793. The largest absolute Gasteiger partial charge is 0.493 e. The third kappa shape index (κ3) is 3.94. The van der Waals surface area contributed by atoms with Crippen molar-refractivity contribution in [1.82, 2.24) is 4.90 Å². The average Bonchev–Trinajstić information content (AvgIpc) is 2.68. The molecule has 0 unspecified atom stereocenters. The van der Waals surface area contributed by atoms with Crippen molar-refractivity contribution in [2.24, 2.45) is 0 Å². The average molecular weight is 369 g/mol. The van der Waals surface area contributed by atoms with Crippen molar-refractivity contribution in [1.29, 1.82) is 0 Å². The normalized spacial score (nSPS) is 13.1. The first kappa shape index (κ1) is 18.9. The second-order valence-corrected chi connectivity index (χ2v) is 6.77. The van der Waals surface area contributed by atoms with Crippen molar-refractivity contribution in [3.63, 3.8) is 0 Å². The molecule has 144 valence electrons. The highest BCUT2D eigenvalue weighted by atomic mass is 16.5. The van der Waals surface area contributed by atoms with Gasteiger partial charge in [-0.25, -0.2) is 0 Å². The van der Waals surface area contributed by atoms with Crippen LogP contribution in [0.5, 0.6) is 11.5 Å². The Morgan fingerprint density at radius 2 is 1.96 bits per heavy atom. The van der Waals surface area contributed by atoms with E-state index in [0.717, 1.165) is 41.9 Å². The highest BCUT2D eigenvalue weighted by Crippen LogP contribution is 2.32. The van der Waals surface area contributed by atoms with E-state index in [9.17, 15) is 4.79 Å². The van der Waals surface area contributed by atoms with Crippen LogP contribution in [0.25, 0.3) is 0 Å². The molecule has 2 N–H and O–H groups in total. The summed E-state index contributed by atoms with van der Waals surface area (Å²) < 4.78 is 10.8. The molecular formula is C21H27N3O3. The first-order valence-electron chi connectivity index (χ1n) is 9.11. The monoisotopic (exact) mass is 369 g/mol. The number of benzene rings is 2. The van der Waals surface area contributed by atoms with Crippen LogP contribution < -0.4 is 20.1 Å². The summed E-state index contributed by atoms with van der Waals surface area (Å²) in [6.07, 6.45) is 1.96. The van der Waals surface area contributed by atoms with Crippen LogP contribution in [-0.2, 0) is 17.8 Å². The summed E-state index contributed by atoms with van der Waals surface area (Å²) in [7, 11) is 5.03. The molecule has 1 amide bonds. The van der Waals surface area contributed by atoms with Crippen LogP contribution in [0.1, 0.15) is 17.5 Å². The maximum absolute atomic E-state index is 12.8. The van der Waals surface area contributed by atoms with E-state index in [0.29, 0.717) is 24.6 Å². The molecule has 0 fully saturated rings. The molecule has 0 aliphatic carbocycles. The van der Waals surface area contributed by atoms with Gasteiger partial charge in [0.25, 0.3) is 0 Å². The van der Waals surface area contributed by atoms with E-state index in [1.54, 1.807) is 19.1 Å². The van der Waals surface area contributed by atoms with Crippen LogP contribution in [0.15, 0.2) is 36.4 Å². The number of amides is 1. The van der Waals surface area contributed by atoms with E-state index < -0.39 is 0 Å². The molecule has 1 heterocycles. The third-order valence-corrected chi connectivity index (χ3v) is 5.03. The molecule has 3 rings (SSSR count). The Morgan fingerprint density at radius 3 is 2.70 bits per heavy atom. The van der Waals surface area contributed by atoms with Crippen molar-refractivity contribution in [3.8, 4) is 11.5 Å². The van der Waals surface area contributed by atoms with Crippen molar-refractivity contribution in [3.05, 3.63) is 47.5 Å². The van der Waals surface area contributed by atoms with Gasteiger partial charge in [0.2, 0.25) is 5.91 Å². The number of nitrogens with zero attached hydrogens (tertiary/aromatic N) is 2. The molecule has 1 aliphatic rings. The Bertz CT molecular complexity index is 822. The van der Waals surface area contributed by atoms with Crippen LogP contribution in [-0.4, -0.2) is 45.2 Å². The van der Waals surface area contributed by atoms with E-state index in [-0.39, 0.29) is 5.91 Å². The van der Waals surface area contributed by atoms with Gasteiger partial charge < -0.3 is 25.0 Å². The molecule has 6 nitrogen and oxygen atoms in total. The molecule has 0 spiro atoms. The first-order chi connectivity index (χ1) is 13.0. The number of carbonyl (C=O) groups is 1. The van der Waals surface area contributed by atoms with Gasteiger partial charge in [0, 0.05) is 37.1 Å². The zero-order valence-corrected chi connectivity index (χ0v) is 16.2. The number of methoxy groups -OCH3 is 2. The van der Waals surface area contributed by atoms with Crippen molar-refractivity contribution < 1.29 is 14.3 Å². The molecule has 0 saturated heterocycles. The van der Waals surface area contributed by atoms with E-state index >= 15 is 0 Å². The van der Waals surface area contributed by atoms with E-state index in [1.165, 1.54) is 0 Å². The minimum Gasteiger partial charge on any atom is -0.493 e. The van der Waals surface area contributed by atoms with Crippen LogP contribution in [0.3, 0.4) is 0 Å². The zero-order valence-electron chi connectivity index (χ0n) is 16.2. The molecule has 2 aromatic carbocycles. The first-order valence-corrected chi connectivity index (χ1v) is 9.11. The molecule has 0 atom stereocenters. The van der Waals surface area contributed by atoms with Gasteiger partial charge in [0.05, 0.1) is 20.8 Å². The number of hydrogen-bond donors (Lipinski definition) is 1. The van der Waals surface area contributed by atoms with Gasteiger partial charge in [-0.15, -0.1) is 0 Å². The SMILES string of the molecule is COc1cccc(CN(C)C(=O)CN2CCCc3c(N)cccc32)c1OC. The standard InChI is InChI=1S/C21H27N3O3/c1-23(13-15-7-4-11-19(26-2)21(15)27-3)20(25)14-24-12-6-8-16-17(22)9-5-10-18(16)24/h4-5,7,9-11H,6,8,12-14,22H2,1-3H3. The number of likely N-dealkylation sites (N-methyl/N-ethyl adjacent to an activating group) is 1. The molecule has 1 aliphatic heterocycles. The predicted molar refractivity (Wildman–Crippen MR) is 107 cm³/mol. The number of fused-ring (bicyclic) bond motifs is 1. The summed E-state index contributed by atoms with van der Waals surface area (Å²) in [5.74, 6) is 1.38. The predicted octanol–water partition coefficient (Wildman–Crippen LogP) is 2.70. The van der Waals surface area contributed by atoms with Gasteiger partial charge in [-0.1, -0.05) is 18.2 Å².